The van der Waals surface area contributed by atoms with Crippen molar-refractivity contribution >= 4 is 120 Å². The Morgan fingerprint density at radius 2 is 0.838 bits per heavy atom. The standard InChI is InChI=1S/C19H21F2IN2O3.C18H19F2IN2O4.C18H19F2IN2O3/c1-3-13(25)6-7-27-24-19(26)14-9-15(20)16(21)10-18(14)23-17-5-4-12(22)8-11(17)2;1-10-5-11(21)3-4-16(10)22-17-7-15(20)14(19)6-13(17)18(25)23-27-9-12(8-24)26-2;1-10-7-12(21)3-4-16(10)22-17-9-15(20)14(19)8-13(17)18(25)23-26-6-5-11(2)24/h4-5,8-10,13,23,25H,3,6-7H2,1-2H3,(H,24,26);3-7,12,22,24H,8-9H2,1-2H3,(H,23,25);3-4,7-9,11,22,24H,5-6H2,1-2H3,(H,23,25). The molecule has 432 valence electrons. The topological polar surface area (TPSA) is 221 Å². The first-order chi connectivity index (χ1) is 37.9. The molecule has 0 aliphatic rings. The molecule has 25 heteroatoms. The third-order valence-corrected chi connectivity index (χ3v) is 13.3. The molecule has 6 rings (SSSR count). The summed E-state index contributed by atoms with van der Waals surface area (Å²) in [5.74, 6) is -8.85. The maximum absolute atomic E-state index is 13.7. The van der Waals surface area contributed by atoms with Crippen molar-refractivity contribution in [2.75, 3.05) is 49.5 Å². The summed E-state index contributed by atoms with van der Waals surface area (Å²) in [6.07, 6.45) is -0.471. The number of hydrogen-bond acceptors (Lipinski definition) is 13. The van der Waals surface area contributed by atoms with Gasteiger partial charge in [-0.25, -0.2) is 42.8 Å². The molecule has 0 radical (unpaired) electrons. The number of amides is 3. The number of ether oxygens (including phenoxy) is 1. The van der Waals surface area contributed by atoms with Crippen LogP contribution in [0.15, 0.2) is 91.0 Å². The van der Waals surface area contributed by atoms with Gasteiger partial charge in [-0.1, -0.05) is 6.92 Å². The van der Waals surface area contributed by atoms with E-state index in [1.54, 1.807) is 25.1 Å². The van der Waals surface area contributed by atoms with Crippen molar-refractivity contribution in [3.8, 4) is 0 Å². The summed E-state index contributed by atoms with van der Waals surface area (Å²) in [4.78, 5) is 51.9. The predicted molar refractivity (Wildman–Crippen MR) is 316 cm³/mol. The van der Waals surface area contributed by atoms with Crippen LogP contribution in [-0.2, 0) is 19.2 Å². The van der Waals surface area contributed by atoms with Gasteiger partial charge in [0.15, 0.2) is 34.9 Å². The minimum Gasteiger partial charge on any atom is -0.394 e. The van der Waals surface area contributed by atoms with E-state index in [4.69, 9.17) is 29.5 Å². The van der Waals surface area contributed by atoms with Crippen molar-refractivity contribution in [2.24, 2.45) is 0 Å². The maximum Gasteiger partial charge on any atom is 0.277 e. The highest BCUT2D eigenvalue weighted by Crippen LogP contribution is 2.30. The minimum absolute atomic E-state index is 0.0877. The van der Waals surface area contributed by atoms with E-state index < -0.39 is 70.9 Å². The van der Waals surface area contributed by atoms with Gasteiger partial charge in [-0.2, -0.15) is 0 Å². The Kier molecular flexibility index (Phi) is 28.1. The molecule has 0 fully saturated rings. The average Bonchev–Trinajstić information content (AvgIpc) is 3.41. The van der Waals surface area contributed by atoms with E-state index in [1.165, 1.54) is 7.11 Å². The van der Waals surface area contributed by atoms with Crippen LogP contribution in [0.25, 0.3) is 0 Å². The van der Waals surface area contributed by atoms with E-state index in [2.05, 4.69) is 100 Å². The third kappa shape index (κ3) is 21.5. The molecule has 3 unspecified atom stereocenters. The van der Waals surface area contributed by atoms with Crippen molar-refractivity contribution in [3.05, 3.63) is 170 Å². The zero-order valence-electron chi connectivity index (χ0n) is 43.9. The monoisotopic (exact) mass is 1460 g/mol. The Bertz CT molecular complexity index is 3070. The molecular weight excluding hydrogens is 1400 g/mol. The van der Waals surface area contributed by atoms with Gasteiger partial charge in [0.05, 0.1) is 65.8 Å². The fourth-order valence-electron chi connectivity index (χ4n) is 6.67. The zero-order valence-corrected chi connectivity index (χ0v) is 50.4. The summed E-state index contributed by atoms with van der Waals surface area (Å²) in [5.41, 5.74) is 11.1. The third-order valence-electron chi connectivity index (χ3n) is 11.3. The first kappa shape index (κ1) is 67.1. The molecule has 0 heterocycles. The minimum atomic E-state index is -1.16. The number of hydroxylamine groups is 3. The van der Waals surface area contributed by atoms with Gasteiger partial charge < -0.3 is 36.0 Å². The molecule has 0 bridgehead atoms. The Labute approximate surface area is 499 Å². The lowest BCUT2D eigenvalue weighted by Crippen LogP contribution is -2.31. The molecule has 3 atom stereocenters. The van der Waals surface area contributed by atoms with Gasteiger partial charge in [0, 0.05) is 53.1 Å². The molecule has 3 amide bonds. The number of benzene rings is 6. The highest BCUT2D eigenvalue weighted by atomic mass is 127. The molecule has 0 aliphatic carbocycles. The largest absolute Gasteiger partial charge is 0.394 e. The molecule has 0 aliphatic heterocycles. The number of carbonyl (C=O) groups excluding carboxylic acids is 3. The van der Waals surface area contributed by atoms with Gasteiger partial charge in [-0.15, -0.1) is 0 Å². The zero-order chi connectivity index (χ0) is 59.2. The normalized spacial score (nSPS) is 11.9. The van der Waals surface area contributed by atoms with Crippen molar-refractivity contribution in [2.45, 2.75) is 72.2 Å². The van der Waals surface area contributed by atoms with Gasteiger partial charge in [-0.05, 0) is 204 Å². The van der Waals surface area contributed by atoms with Gasteiger partial charge in [-0.3, -0.25) is 28.9 Å². The van der Waals surface area contributed by atoms with Crippen LogP contribution in [0.4, 0.5) is 60.5 Å². The van der Waals surface area contributed by atoms with Crippen LogP contribution in [0.1, 0.15) is 80.9 Å². The first-order valence-corrected chi connectivity index (χ1v) is 27.5. The van der Waals surface area contributed by atoms with Crippen LogP contribution in [0, 0.1) is 66.4 Å². The number of anilines is 6. The summed E-state index contributed by atoms with van der Waals surface area (Å²) in [7, 11) is 1.38. The van der Waals surface area contributed by atoms with Crippen LogP contribution < -0.4 is 32.4 Å². The Morgan fingerprint density at radius 1 is 0.512 bits per heavy atom. The number of hydrogen-bond donors (Lipinski definition) is 9. The van der Waals surface area contributed by atoms with Gasteiger partial charge in [0.25, 0.3) is 17.7 Å². The van der Waals surface area contributed by atoms with Gasteiger partial charge in [0.2, 0.25) is 0 Å². The lowest BCUT2D eigenvalue weighted by Gasteiger charge is -2.16. The molecule has 16 nitrogen and oxygen atoms in total. The van der Waals surface area contributed by atoms with E-state index in [1.807, 2.05) is 64.1 Å². The van der Waals surface area contributed by atoms with Crippen molar-refractivity contribution in [1.82, 2.24) is 16.4 Å². The molecule has 6 aromatic rings. The Balaban J connectivity index is 0.000000258. The van der Waals surface area contributed by atoms with Crippen LogP contribution in [-0.4, -0.2) is 84.9 Å². The number of rotatable bonds is 23. The smallest absolute Gasteiger partial charge is 0.277 e. The molecular formula is C55H59F6I3N6O10. The Hall–Kier alpha value is -5.38. The highest BCUT2D eigenvalue weighted by Gasteiger charge is 2.21. The van der Waals surface area contributed by atoms with E-state index in [9.17, 15) is 45.8 Å². The summed E-state index contributed by atoms with van der Waals surface area (Å²) in [6.45, 7) is 8.79. The van der Waals surface area contributed by atoms with Crippen LogP contribution >= 0.6 is 67.8 Å². The Morgan fingerprint density at radius 3 is 1.14 bits per heavy atom. The van der Waals surface area contributed by atoms with Gasteiger partial charge in [0.1, 0.15) is 12.7 Å². The number of nitrogens with one attached hydrogen (secondary N) is 6. The molecule has 0 saturated heterocycles. The lowest BCUT2D eigenvalue weighted by atomic mass is 10.1. The number of aliphatic hydroxyl groups is 3. The summed E-state index contributed by atoms with van der Waals surface area (Å²) in [5, 5.41) is 36.5. The fourth-order valence-corrected chi connectivity index (χ4v) is 8.61. The molecule has 0 spiro atoms. The molecule has 9 N–H and O–H groups in total. The average molecular weight is 1460 g/mol. The van der Waals surface area contributed by atoms with Crippen molar-refractivity contribution in [1.29, 1.82) is 0 Å². The van der Waals surface area contributed by atoms with E-state index in [-0.39, 0.29) is 60.2 Å². The second-order valence-corrected chi connectivity index (χ2v) is 21.3. The summed E-state index contributed by atoms with van der Waals surface area (Å²) in [6, 6.07) is 21.9. The quantitative estimate of drug-likeness (QED) is 0.0126. The second kappa shape index (κ2) is 33.5. The number of carbonyl (C=O) groups is 3. The second-order valence-electron chi connectivity index (χ2n) is 17.5. The summed E-state index contributed by atoms with van der Waals surface area (Å²) < 4.78 is 90.1. The van der Waals surface area contributed by atoms with Gasteiger partial charge >= 0.3 is 0 Å². The van der Waals surface area contributed by atoms with Crippen LogP contribution in [0.5, 0.6) is 0 Å². The molecule has 0 aromatic heterocycles. The van der Waals surface area contributed by atoms with Crippen molar-refractivity contribution < 1.29 is 75.3 Å². The molecule has 0 saturated carbocycles. The van der Waals surface area contributed by atoms with Crippen LogP contribution in [0.3, 0.4) is 0 Å². The lowest BCUT2D eigenvalue weighted by molar-refractivity contribution is -0.0469. The maximum atomic E-state index is 13.7. The number of aryl methyl sites for hydroxylation is 3. The highest BCUT2D eigenvalue weighted by molar-refractivity contribution is 14.1. The molecule has 80 heavy (non-hydrogen) atoms. The number of aliphatic hydroxyl groups excluding tert-OH is 3. The van der Waals surface area contributed by atoms with E-state index in [0.29, 0.717) is 36.3 Å². The van der Waals surface area contributed by atoms with Crippen LogP contribution in [0.2, 0.25) is 0 Å². The fraction of sp³-hybridized carbons (Fsp3) is 0.291. The van der Waals surface area contributed by atoms with E-state index >= 15 is 0 Å². The first-order valence-electron chi connectivity index (χ1n) is 24.3. The van der Waals surface area contributed by atoms with Crippen molar-refractivity contribution in [3.63, 3.8) is 0 Å². The predicted octanol–water partition coefficient (Wildman–Crippen LogP) is 11.8. The number of halogens is 9. The summed E-state index contributed by atoms with van der Waals surface area (Å²) >= 11 is 6.50. The molecule has 6 aromatic carbocycles. The van der Waals surface area contributed by atoms with E-state index in [0.717, 1.165) is 63.8 Å². The SMILES string of the molecule is CCC(O)CCONC(=O)c1cc(F)c(F)cc1Nc1ccc(I)cc1C.COC(CO)CONC(=O)c1cc(F)c(F)cc1Nc1ccc(I)cc1C.Cc1cc(I)ccc1Nc1cc(F)c(F)cc1C(=O)NOCCC(C)O. The number of methoxy groups -OCH3 is 1.